The SMILES string of the molecule is Cc1cnc(NC(=O)CCC2CC(=O)C3(C)CCC4c5cc(C(C)C)c(O)cc5CCC4C23)s1. The summed E-state index contributed by atoms with van der Waals surface area (Å²) >= 11 is 1.49. The summed E-state index contributed by atoms with van der Waals surface area (Å²) < 4.78 is 0. The Morgan fingerprint density at radius 1 is 1.32 bits per heavy atom. The first-order valence-corrected chi connectivity index (χ1v) is 13.6. The van der Waals surface area contributed by atoms with Gasteiger partial charge in [-0.05, 0) is 91.4 Å². The average Bonchev–Trinajstić information content (AvgIpc) is 3.30. The fraction of sp³-hybridized carbons (Fsp3) is 0.607. The van der Waals surface area contributed by atoms with Crippen LogP contribution in [0.3, 0.4) is 0 Å². The Balaban J connectivity index is 1.36. The number of amides is 1. The molecule has 3 aliphatic carbocycles. The van der Waals surface area contributed by atoms with Crippen LogP contribution in [-0.2, 0) is 16.0 Å². The average molecular weight is 481 g/mol. The molecule has 2 N–H and O–H groups in total. The summed E-state index contributed by atoms with van der Waals surface area (Å²) in [6.45, 7) is 8.43. The fourth-order valence-electron chi connectivity index (χ4n) is 7.32. The molecule has 5 atom stereocenters. The van der Waals surface area contributed by atoms with Crippen molar-refractivity contribution in [3.05, 3.63) is 39.9 Å². The number of carbonyl (C=O) groups is 2. The van der Waals surface area contributed by atoms with E-state index in [-0.39, 0.29) is 23.2 Å². The van der Waals surface area contributed by atoms with Crippen molar-refractivity contribution in [1.82, 2.24) is 4.98 Å². The molecule has 1 amide bonds. The van der Waals surface area contributed by atoms with E-state index in [4.69, 9.17) is 0 Å². The molecule has 0 aliphatic heterocycles. The minimum Gasteiger partial charge on any atom is -0.508 e. The Bertz CT molecular complexity index is 1120. The van der Waals surface area contributed by atoms with Gasteiger partial charge in [0.2, 0.25) is 5.91 Å². The molecule has 2 fully saturated rings. The Hall–Kier alpha value is -2.21. The van der Waals surface area contributed by atoms with E-state index in [0.717, 1.165) is 42.5 Å². The van der Waals surface area contributed by atoms with Gasteiger partial charge in [0.15, 0.2) is 5.13 Å². The second-order valence-corrected chi connectivity index (χ2v) is 12.5. The number of phenolic OH excluding ortho intramolecular Hbond substituents is 1. The van der Waals surface area contributed by atoms with Crippen LogP contribution in [-0.4, -0.2) is 21.8 Å². The van der Waals surface area contributed by atoms with Crippen LogP contribution < -0.4 is 5.32 Å². The maximum absolute atomic E-state index is 13.2. The van der Waals surface area contributed by atoms with E-state index in [1.54, 1.807) is 6.20 Å². The number of hydrogen-bond donors (Lipinski definition) is 2. The summed E-state index contributed by atoms with van der Waals surface area (Å²) in [5.74, 6) is 2.60. The number of nitrogens with zero attached hydrogens (tertiary/aromatic N) is 1. The van der Waals surface area contributed by atoms with Crippen LogP contribution in [0.25, 0.3) is 0 Å². The number of benzene rings is 1. The molecule has 34 heavy (non-hydrogen) atoms. The lowest BCUT2D eigenvalue weighted by atomic mass is 9.54. The first-order chi connectivity index (χ1) is 16.2. The lowest BCUT2D eigenvalue weighted by molar-refractivity contribution is -0.129. The molecule has 182 valence electrons. The molecule has 6 heteroatoms. The van der Waals surface area contributed by atoms with Crippen molar-refractivity contribution >= 4 is 28.2 Å². The molecular weight excluding hydrogens is 444 g/mol. The van der Waals surface area contributed by atoms with Crippen molar-refractivity contribution in [3.63, 3.8) is 0 Å². The van der Waals surface area contributed by atoms with Crippen molar-refractivity contribution in [2.75, 3.05) is 5.32 Å². The third-order valence-corrected chi connectivity index (χ3v) is 9.78. The van der Waals surface area contributed by atoms with E-state index < -0.39 is 0 Å². The normalized spacial score (nSPS) is 30.1. The quantitative estimate of drug-likeness (QED) is 0.522. The highest BCUT2D eigenvalue weighted by Gasteiger charge is 2.58. The molecule has 5 unspecified atom stereocenters. The number of aryl methyl sites for hydroxylation is 2. The maximum atomic E-state index is 13.2. The minimum absolute atomic E-state index is 0.00574. The van der Waals surface area contributed by atoms with Gasteiger partial charge in [-0.25, -0.2) is 4.98 Å². The lowest BCUT2D eigenvalue weighted by Crippen LogP contribution is -2.44. The van der Waals surface area contributed by atoms with Crippen molar-refractivity contribution < 1.29 is 14.7 Å². The molecule has 1 heterocycles. The van der Waals surface area contributed by atoms with Crippen molar-refractivity contribution in [3.8, 4) is 5.75 Å². The zero-order valence-electron chi connectivity index (χ0n) is 20.7. The van der Waals surface area contributed by atoms with E-state index in [9.17, 15) is 14.7 Å². The Kier molecular flexibility index (Phi) is 6.07. The molecule has 2 saturated carbocycles. The number of rotatable bonds is 5. The van der Waals surface area contributed by atoms with Gasteiger partial charge in [0, 0.05) is 29.3 Å². The third-order valence-electron chi connectivity index (χ3n) is 8.95. The zero-order chi connectivity index (χ0) is 24.2. The summed E-state index contributed by atoms with van der Waals surface area (Å²) in [6, 6.07) is 4.25. The highest BCUT2D eigenvalue weighted by Crippen LogP contribution is 2.62. The lowest BCUT2D eigenvalue weighted by Gasteiger charge is -2.50. The van der Waals surface area contributed by atoms with Crippen LogP contribution in [0.15, 0.2) is 18.3 Å². The van der Waals surface area contributed by atoms with E-state index in [0.29, 0.717) is 47.3 Å². The molecule has 0 spiro atoms. The van der Waals surface area contributed by atoms with Gasteiger partial charge in [-0.3, -0.25) is 9.59 Å². The number of ketones is 1. The van der Waals surface area contributed by atoms with E-state index in [1.165, 1.54) is 22.5 Å². The molecule has 3 aliphatic rings. The Morgan fingerprint density at radius 2 is 2.12 bits per heavy atom. The highest BCUT2D eigenvalue weighted by molar-refractivity contribution is 7.15. The summed E-state index contributed by atoms with van der Waals surface area (Å²) in [5.41, 5.74) is 3.45. The van der Waals surface area contributed by atoms with Crippen LogP contribution >= 0.6 is 11.3 Å². The standard InChI is InChI=1S/C28H36N2O3S/c1-15(2)21-13-22-17(11-23(21)31)5-7-20-19(22)9-10-28(4)24(32)12-18(26(20)28)6-8-25(33)30-27-29-14-16(3)34-27/h11,13-15,18-20,26,31H,5-10,12H2,1-4H3,(H,29,30,33). The summed E-state index contributed by atoms with van der Waals surface area (Å²) in [6.07, 6.45) is 7.55. The molecular formula is C28H36N2O3S. The number of Topliss-reactive ketones (excluding diaryl/α,β-unsaturated/α-hetero) is 1. The van der Waals surface area contributed by atoms with Crippen molar-refractivity contribution in [2.24, 2.45) is 23.2 Å². The zero-order valence-corrected chi connectivity index (χ0v) is 21.5. The first kappa shape index (κ1) is 23.5. The predicted molar refractivity (Wildman–Crippen MR) is 135 cm³/mol. The second-order valence-electron chi connectivity index (χ2n) is 11.3. The molecule has 2 aromatic rings. The number of carbonyl (C=O) groups excluding carboxylic acids is 2. The highest BCUT2D eigenvalue weighted by atomic mass is 32.1. The van der Waals surface area contributed by atoms with Crippen LogP contribution in [0, 0.1) is 30.1 Å². The van der Waals surface area contributed by atoms with Gasteiger partial charge in [0.05, 0.1) is 0 Å². The number of phenols is 1. The van der Waals surface area contributed by atoms with Crippen LogP contribution in [0.1, 0.15) is 92.7 Å². The van der Waals surface area contributed by atoms with E-state index >= 15 is 0 Å². The Morgan fingerprint density at radius 3 is 2.82 bits per heavy atom. The largest absolute Gasteiger partial charge is 0.508 e. The van der Waals surface area contributed by atoms with Gasteiger partial charge in [0.1, 0.15) is 11.5 Å². The second kappa shape index (κ2) is 8.78. The summed E-state index contributed by atoms with van der Waals surface area (Å²) in [5, 5.41) is 14.1. The monoisotopic (exact) mass is 480 g/mol. The Labute approximate surface area is 206 Å². The van der Waals surface area contributed by atoms with Crippen molar-refractivity contribution in [1.29, 1.82) is 0 Å². The summed E-state index contributed by atoms with van der Waals surface area (Å²) in [7, 11) is 0. The first-order valence-electron chi connectivity index (χ1n) is 12.8. The molecule has 0 bridgehead atoms. The number of thiazole rings is 1. The molecule has 0 saturated heterocycles. The van der Waals surface area contributed by atoms with Crippen LogP contribution in [0.5, 0.6) is 5.75 Å². The van der Waals surface area contributed by atoms with Gasteiger partial charge < -0.3 is 10.4 Å². The topological polar surface area (TPSA) is 79.3 Å². The van der Waals surface area contributed by atoms with Gasteiger partial charge >= 0.3 is 0 Å². The predicted octanol–water partition coefficient (Wildman–Crippen LogP) is 6.35. The van der Waals surface area contributed by atoms with E-state index in [2.05, 4.69) is 37.1 Å². The van der Waals surface area contributed by atoms with Gasteiger partial charge in [-0.2, -0.15) is 0 Å². The number of hydrogen-bond acceptors (Lipinski definition) is 5. The smallest absolute Gasteiger partial charge is 0.226 e. The molecule has 5 nitrogen and oxygen atoms in total. The van der Waals surface area contributed by atoms with Crippen LogP contribution in [0.2, 0.25) is 0 Å². The van der Waals surface area contributed by atoms with Gasteiger partial charge in [0.25, 0.3) is 0 Å². The van der Waals surface area contributed by atoms with Crippen molar-refractivity contribution in [2.45, 2.75) is 84.5 Å². The number of nitrogens with one attached hydrogen (secondary N) is 1. The van der Waals surface area contributed by atoms with E-state index in [1.807, 2.05) is 13.0 Å². The van der Waals surface area contributed by atoms with Gasteiger partial charge in [-0.15, -0.1) is 11.3 Å². The van der Waals surface area contributed by atoms with Gasteiger partial charge in [-0.1, -0.05) is 26.8 Å². The maximum Gasteiger partial charge on any atom is 0.226 e. The number of aromatic nitrogens is 1. The molecule has 1 aromatic heterocycles. The fourth-order valence-corrected chi connectivity index (χ4v) is 8.00. The number of fused-ring (bicyclic) bond motifs is 5. The third kappa shape index (κ3) is 3.98. The number of aromatic hydroxyl groups is 1. The number of anilines is 1. The molecule has 0 radical (unpaired) electrons. The minimum atomic E-state index is -0.260. The molecule has 1 aromatic carbocycles. The van der Waals surface area contributed by atoms with Crippen LogP contribution in [0.4, 0.5) is 5.13 Å². The summed E-state index contributed by atoms with van der Waals surface area (Å²) in [4.78, 5) is 31.2. The molecule has 5 rings (SSSR count).